The Morgan fingerprint density at radius 2 is 1.76 bits per heavy atom. The van der Waals surface area contributed by atoms with Crippen LogP contribution < -0.4 is 21.7 Å². The van der Waals surface area contributed by atoms with Gasteiger partial charge in [-0.2, -0.15) is 5.10 Å². The van der Waals surface area contributed by atoms with Crippen molar-refractivity contribution in [3.8, 4) is 17.5 Å². The van der Waals surface area contributed by atoms with E-state index in [2.05, 4.69) is 32.3 Å². The van der Waals surface area contributed by atoms with E-state index >= 15 is 0 Å². The van der Waals surface area contributed by atoms with Gasteiger partial charge in [0.25, 0.3) is 11.5 Å². The number of nitrogen functional groups attached to an aromatic ring is 1. The van der Waals surface area contributed by atoms with Gasteiger partial charge >= 0.3 is 0 Å². The van der Waals surface area contributed by atoms with E-state index in [9.17, 15) is 18.0 Å². The van der Waals surface area contributed by atoms with Gasteiger partial charge in [-0.05, 0) is 44.2 Å². The zero-order chi connectivity index (χ0) is 32.7. The zero-order valence-electron chi connectivity index (χ0n) is 24.9. The van der Waals surface area contributed by atoms with Crippen molar-refractivity contribution in [2.75, 3.05) is 5.73 Å². The molecule has 4 aromatic heterocycles. The molecular weight excluding hydrogens is 608 g/mol. The number of carbonyl (C=O) groups is 1. The summed E-state index contributed by atoms with van der Waals surface area (Å²) in [5.41, 5.74) is 7.95. The highest BCUT2D eigenvalue weighted by atomic mass is 32.2. The number of hydrogen-bond donors (Lipinski definition) is 3. The molecule has 2 aromatic carbocycles. The molecule has 0 aliphatic heterocycles. The first-order valence-corrected chi connectivity index (χ1v) is 15.6. The van der Waals surface area contributed by atoms with Crippen LogP contribution in [-0.2, 0) is 17.1 Å². The molecule has 2 atom stereocenters. The zero-order valence-corrected chi connectivity index (χ0v) is 25.7. The maximum atomic E-state index is 14.3. The van der Waals surface area contributed by atoms with Gasteiger partial charge in [-0.1, -0.05) is 36.1 Å². The van der Waals surface area contributed by atoms with Gasteiger partial charge in [-0.25, -0.2) is 28.0 Å². The summed E-state index contributed by atoms with van der Waals surface area (Å²) in [5, 5.41) is 15.8. The highest BCUT2D eigenvalue weighted by molar-refractivity contribution is 7.89. The Balaban J connectivity index is 1.47. The summed E-state index contributed by atoms with van der Waals surface area (Å²) in [7, 11) is -2.32. The molecule has 6 rings (SSSR count). The van der Waals surface area contributed by atoms with Crippen LogP contribution in [0.1, 0.15) is 58.1 Å². The van der Waals surface area contributed by atoms with Crippen molar-refractivity contribution in [1.82, 2.24) is 39.2 Å². The Morgan fingerprint density at radius 3 is 2.50 bits per heavy atom. The maximum Gasteiger partial charge on any atom is 0.267 e. The van der Waals surface area contributed by atoms with E-state index in [1.165, 1.54) is 33.1 Å². The molecular formula is C31H28N10O4S. The first kappa shape index (κ1) is 30.2. The predicted molar refractivity (Wildman–Crippen MR) is 171 cm³/mol. The van der Waals surface area contributed by atoms with E-state index in [1.54, 1.807) is 68.7 Å². The Labute approximate surface area is 262 Å². The van der Waals surface area contributed by atoms with Crippen molar-refractivity contribution < 1.29 is 13.2 Å². The topological polar surface area (TPSA) is 198 Å². The lowest BCUT2D eigenvalue weighted by atomic mass is 10.1. The number of rotatable bonds is 6. The summed E-state index contributed by atoms with van der Waals surface area (Å²) in [5.74, 6) is 5.72. The fourth-order valence-electron chi connectivity index (χ4n) is 5.24. The number of aryl methyl sites for hydroxylation is 1. The number of para-hydroxylation sites is 1. The number of fused-ring (bicyclic) bond motifs is 2. The fraction of sp³-hybridized carbons (Fsp3) is 0.161. The first-order chi connectivity index (χ1) is 22.0. The number of carbonyl (C=O) groups excluding carboxylic acids is 1. The molecule has 232 valence electrons. The molecule has 14 nitrogen and oxygen atoms in total. The average Bonchev–Trinajstić information content (AvgIpc) is 3.57. The molecule has 1 unspecified atom stereocenters. The minimum atomic E-state index is -3.92. The van der Waals surface area contributed by atoms with Gasteiger partial charge in [-0.15, -0.1) is 5.10 Å². The Morgan fingerprint density at radius 1 is 1.02 bits per heavy atom. The molecule has 15 heteroatoms. The smallest absolute Gasteiger partial charge is 0.267 e. The van der Waals surface area contributed by atoms with Gasteiger partial charge in [0.2, 0.25) is 10.0 Å². The fourth-order valence-corrected chi connectivity index (χ4v) is 5.83. The molecule has 0 spiro atoms. The number of amides is 1. The summed E-state index contributed by atoms with van der Waals surface area (Å²) >= 11 is 0. The van der Waals surface area contributed by atoms with Gasteiger partial charge in [0, 0.05) is 25.0 Å². The lowest BCUT2D eigenvalue weighted by molar-refractivity contribution is 0.0940. The highest BCUT2D eigenvalue weighted by Crippen LogP contribution is 2.24. The van der Waals surface area contributed by atoms with Crippen molar-refractivity contribution in [3.05, 3.63) is 112 Å². The molecule has 5 N–H and O–H groups in total. The van der Waals surface area contributed by atoms with Crippen LogP contribution in [0.2, 0.25) is 0 Å². The van der Waals surface area contributed by atoms with Gasteiger partial charge in [0.05, 0.1) is 40.1 Å². The summed E-state index contributed by atoms with van der Waals surface area (Å²) in [6, 6.07) is 14.9. The molecule has 0 bridgehead atoms. The number of primary sulfonamides is 1. The molecule has 0 aliphatic rings. The lowest BCUT2D eigenvalue weighted by Crippen LogP contribution is -2.33. The minimum Gasteiger partial charge on any atom is -0.381 e. The van der Waals surface area contributed by atoms with E-state index in [1.807, 2.05) is 6.07 Å². The molecule has 0 saturated carbocycles. The van der Waals surface area contributed by atoms with Crippen LogP contribution in [0.15, 0.2) is 78.0 Å². The third-order valence-corrected chi connectivity index (χ3v) is 8.73. The van der Waals surface area contributed by atoms with Crippen LogP contribution in [0.25, 0.3) is 22.2 Å². The van der Waals surface area contributed by atoms with Crippen LogP contribution in [-0.4, -0.2) is 48.3 Å². The molecule has 0 radical (unpaired) electrons. The Hall–Kier alpha value is -5.85. The number of nitrogens with two attached hydrogens (primary N) is 2. The maximum absolute atomic E-state index is 14.3. The van der Waals surface area contributed by atoms with Crippen LogP contribution in [0, 0.1) is 11.8 Å². The quantitative estimate of drug-likeness (QED) is 0.229. The number of anilines is 1. The molecule has 4 heterocycles. The molecule has 0 fully saturated rings. The van der Waals surface area contributed by atoms with Crippen LogP contribution in [0.3, 0.4) is 0 Å². The first-order valence-electron chi connectivity index (χ1n) is 14.0. The second kappa shape index (κ2) is 11.6. The van der Waals surface area contributed by atoms with Crippen molar-refractivity contribution in [2.24, 2.45) is 12.2 Å². The minimum absolute atomic E-state index is 0.00812. The molecule has 1 amide bonds. The molecule has 6 aromatic rings. The Bertz CT molecular complexity index is 2390. The summed E-state index contributed by atoms with van der Waals surface area (Å²) < 4.78 is 28.4. The van der Waals surface area contributed by atoms with Crippen LogP contribution in [0.5, 0.6) is 0 Å². The summed E-state index contributed by atoms with van der Waals surface area (Å²) in [6.45, 7) is 3.17. The van der Waals surface area contributed by atoms with Gasteiger partial charge in [0.1, 0.15) is 16.6 Å². The number of aromatic nitrogens is 7. The van der Waals surface area contributed by atoms with Gasteiger partial charge in [0.15, 0.2) is 11.5 Å². The second-order valence-corrected chi connectivity index (χ2v) is 12.4. The SMILES string of the molecule is CC(c1c(C#Cc2cccc3nc([C@@H](C)NC(=O)c4c(N)nn5cccnc45)n(-c4ccccc4)c(=O)c23)cnn1C)S(N)(=O)=O. The number of benzene rings is 2. The largest absolute Gasteiger partial charge is 0.381 e. The third-order valence-electron chi connectivity index (χ3n) is 7.52. The lowest BCUT2D eigenvalue weighted by Gasteiger charge is -2.20. The van der Waals surface area contributed by atoms with E-state index in [0.717, 1.165) is 0 Å². The number of hydrogen-bond acceptors (Lipinski definition) is 9. The second-order valence-electron chi connectivity index (χ2n) is 10.5. The monoisotopic (exact) mass is 636 g/mol. The normalized spacial score (nSPS) is 12.9. The third kappa shape index (κ3) is 5.36. The Kier molecular flexibility index (Phi) is 7.60. The number of sulfonamides is 1. The predicted octanol–water partition coefficient (Wildman–Crippen LogP) is 1.98. The standard InChI is InChI=1S/C31H28N10O4S/c1-18(36-30(42)25-27(32)38-40-16-8-15-34-29(25)40)28-37-23-12-7-9-20(24(23)31(43)41(28)22-10-5-4-6-11-22)13-14-21-17-35-39(3)26(21)19(2)46(33,44)45/h4-12,15-19H,1-3H3,(H2,32,38)(H,36,42)(H2,33,44,45)/t18-,19?/m1/s1. The average molecular weight is 637 g/mol. The van der Waals surface area contributed by atoms with E-state index in [-0.39, 0.29) is 28.2 Å². The van der Waals surface area contributed by atoms with Crippen molar-refractivity contribution in [2.45, 2.75) is 25.1 Å². The van der Waals surface area contributed by atoms with Crippen LogP contribution >= 0.6 is 0 Å². The van der Waals surface area contributed by atoms with Crippen molar-refractivity contribution in [3.63, 3.8) is 0 Å². The van der Waals surface area contributed by atoms with Gasteiger partial charge < -0.3 is 11.1 Å². The van der Waals surface area contributed by atoms with E-state index < -0.39 is 32.8 Å². The van der Waals surface area contributed by atoms with E-state index in [0.29, 0.717) is 28.0 Å². The summed E-state index contributed by atoms with van der Waals surface area (Å²) in [6.07, 6.45) is 4.61. The number of nitrogens with zero attached hydrogens (tertiary/aromatic N) is 7. The van der Waals surface area contributed by atoms with Crippen LogP contribution in [0.4, 0.5) is 5.82 Å². The molecule has 0 saturated heterocycles. The number of nitrogens with one attached hydrogen (secondary N) is 1. The van der Waals surface area contributed by atoms with Crippen molar-refractivity contribution in [1.29, 1.82) is 0 Å². The van der Waals surface area contributed by atoms with Gasteiger partial charge in [-0.3, -0.25) is 18.8 Å². The molecule has 0 aliphatic carbocycles. The van der Waals surface area contributed by atoms with E-state index in [4.69, 9.17) is 15.9 Å². The highest BCUT2D eigenvalue weighted by Gasteiger charge is 2.26. The summed E-state index contributed by atoms with van der Waals surface area (Å²) in [4.78, 5) is 36.9. The molecule has 46 heavy (non-hydrogen) atoms. The van der Waals surface area contributed by atoms with Crippen molar-refractivity contribution >= 4 is 38.3 Å².